The van der Waals surface area contributed by atoms with Crippen molar-refractivity contribution in [3.8, 4) is 11.1 Å². The number of carboxylic acid groups (broad SMARTS) is 1. The Morgan fingerprint density at radius 2 is 1.61 bits per heavy atom. The third kappa shape index (κ3) is 5.25. The lowest BCUT2D eigenvalue weighted by molar-refractivity contribution is -0.142. The van der Waals surface area contributed by atoms with Gasteiger partial charge in [-0.05, 0) is 41.0 Å². The van der Waals surface area contributed by atoms with Gasteiger partial charge >= 0.3 is 12.1 Å². The van der Waals surface area contributed by atoms with Crippen molar-refractivity contribution in [2.45, 2.75) is 43.7 Å². The quantitative estimate of drug-likeness (QED) is 0.479. The van der Waals surface area contributed by atoms with E-state index in [0.717, 1.165) is 35.1 Å². The highest BCUT2D eigenvalue weighted by molar-refractivity contribution is 5.89. The summed E-state index contributed by atoms with van der Waals surface area (Å²) in [5.41, 5.74) is 4.44. The molecule has 2 aliphatic rings. The number of hydrogen-bond donors (Lipinski definition) is 3. The zero-order chi connectivity index (χ0) is 23.4. The summed E-state index contributed by atoms with van der Waals surface area (Å²) < 4.78 is 5.51. The average molecular weight is 449 g/mol. The molecule has 2 amide bonds. The highest BCUT2D eigenvalue weighted by Crippen LogP contribution is 2.44. The first kappa shape index (κ1) is 22.6. The van der Waals surface area contributed by atoms with Crippen LogP contribution in [0.2, 0.25) is 0 Å². The number of aliphatic carboxylic acids is 1. The van der Waals surface area contributed by atoms with Crippen LogP contribution in [0.1, 0.15) is 42.7 Å². The Morgan fingerprint density at radius 3 is 2.15 bits per heavy atom. The van der Waals surface area contributed by atoms with E-state index < -0.39 is 30.1 Å². The van der Waals surface area contributed by atoms with Crippen LogP contribution in [0.25, 0.3) is 11.1 Å². The first-order chi connectivity index (χ1) is 16.0. The minimum absolute atomic E-state index is 0.0928. The Kier molecular flexibility index (Phi) is 6.77. The van der Waals surface area contributed by atoms with Gasteiger partial charge in [-0.25, -0.2) is 9.59 Å². The number of amides is 2. The molecule has 7 heteroatoms. The van der Waals surface area contributed by atoms with Crippen molar-refractivity contribution in [3.63, 3.8) is 0 Å². The Balaban J connectivity index is 1.38. The highest BCUT2D eigenvalue weighted by atomic mass is 16.5. The molecule has 0 aromatic heterocycles. The molecule has 33 heavy (non-hydrogen) atoms. The molecule has 0 saturated heterocycles. The molecule has 2 aliphatic carbocycles. The van der Waals surface area contributed by atoms with Gasteiger partial charge in [0, 0.05) is 5.92 Å². The number of carbonyl (C=O) groups excluding carboxylic acids is 2. The molecule has 7 nitrogen and oxygen atoms in total. The van der Waals surface area contributed by atoms with Crippen molar-refractivity contribution in [1.82, 2.24) is 10.6 Å². The lowest BCUT2D eigenvalue weighted by Gasteiger charge is -2.21. The molecule has 172 valence electrons. The van der Waals surface area contributed by atoms with Crippen molar-refractivity contribution in [1.29, 1.82) is 0 Å². The predicted octanol–water partition coefficient (Wildman–Crippen LogP) is 3.84. The number of ether oxygens (including phenoxy) is 1. The van der Waals surface area contributed by atoms with Crippen LogP contribution in [0.15, 0.2) is 61.2 Å². The summed E-state index contributed by atoms with van der Waals surface area (Å²) in [4.78, 5) is 36.7. The first-order valence-corrected chi connectivity index (χ1v) is 11.2. The van der Waals surface area contributed by atoms with Gasteiger partial charge in [0.1, 0.15) is 18.7 Å². The molecular formula is C26H28N2O5. The third-order valence-electron chi connectivity index (χ3n) is 6.24. The predicted molar refractivity (Wildman–Crippen MR) is 124 cm³/mol. The van der Waals surface area contributed by atoms with Gasteiger partial charge in [0.15, 0.2) is 0 Å². The maximum absolute atomic E-state index is 12.7. The monoisotopic (exact) mass is 448 g/mol. The topological polar surface area (TPSA) is 105 Å². The number of carboxylic acids is 1. The van der Waals surface area contributed by atoms with E-state index in [1.165, 1.54) is 6.08 Å². The second kappa shape index (κ2) is 9.90. The molecule has 2 aromatic carbocycles. The second-order valence-corrected chi connectivity index (χ2v) is 8.63. The average Bonchev–Trinajstić information content (AvgIpc) is 3.57. The fraction of sp³-hybridized carbons (Fsp3) is 0.346. The van der Waals surface area contributed by atoms with Crippen LogP contribution in [-0.4, -0.2) is 41.8 Å². The minimum Gasteiger partial charge on any atom is -0.480 e. The number of rotatable bonds is 10. The van der Waals surface area contributed by atoms with Crippen LogP contribution in [0.5, 0.6) is 0 Å². The van der Waals surface area contributed by atoms with Gasteiger partial charge in [0.25, 0.3) is 0 Å². The minimum atomic E-state index is -1.08. The smallest absolute Gasteiger partial charge is 0.407 e. The number of hydrogen-bond acceptors (Lipinski definition) is 4. The van der Waals surface area contributed by atoms with Gasteiger partial charge in [-0.1, -0.05) is 67.4 Å². The number of fused-ring (bicyclic) bond motifs is 3. The summed E-state index contributed by atoms with van der Waals surface area (Å²) in [6.45, 7) is 3.76. The first-order valence-electron chi connectivity index (χ1n) is 11.2. The third-order valence-corrected chi connectivity index (χ3v) is 6.24. The van der Waals surface area contributed by atoms with Crippen LogP contribution < -0.4 is 10.6 Å². The van der Waals surface area contributed by atoms with E-state index in [1.807, 2.05) is 36.4 Å². The normalized spacial score (nSPS) is 16.1. The van der Waals surface area contributed by atoms with Gasteiger partial charge in [-0.15, -0.1) is 6.58 Å². The van der Waals surface area contributed by atoms with E-state index in [0.29, 0.717) is 12.3 Å². The zero-order valence-corrected chi connectivity index (χ0v) is 18.3. The van der Waals surface area contributed by atoms with Crippen molar-refractivity contribution in [3.05, 3.63) is 72.3 Å². The van der Waals surface area contributed by atoms with E-state index in [2.05, 4.69) is 29.3 Å². The Bertz CT molecular complexity index is 1020. The Morgan fingerprint density at radius 1 is 1.00 bits per heavy atom. The van der Waals surface area contributed by atoms with E-state index in [-0.39, 0.29) is 18.9 Å². The SMILES string of the molecule is C=CCC(NC(=O)OCC1c2ccccc2-c2ccccc21)C(=O)NC(CC1CC1)C(=O)O. The van der Waals surface area contributed by atoms with Crippen LogP contribution in [-0.2, 0) is 14.3 Å². The standard InChI is InChI=1S/C26H28N2O5/c1-2-7-22(24(29)27-23(25(30)31)14-16-12-13-16)28-26(32)33-15-21-19-10-5-3-8-17(19)18-9-4-6-11-20(18)21/h2-6,8-11,16,21-23H,1,7,12-15H2,(H,27,29)(H,28,32)(H,30,31). The van der Waals surface area contributed by atoms with E-state index in [9.17, 15) is 19.5 Å². The van der Waals surface area contributed by atoms with Crippen molar-refractivity contribution in [2.75, 3.05) is 6.61 Å². The lowest BCUT2D eigenvalue weighted by Crippen LogP contribution is -2.51. The zero-order valence-electron chi connectivity index (χ0n) is 18.3. The molecule has 2 aromatic rings. The fourth-order valence-electron chi connectivity index (χ4n) is 4.36. The Hall–Kier alpha value is -3.61. The largest absolute Gasteiger partial charge is 0.480 e. The molecular weight excluding hydrogens is 420 g/mol. The molecule has 1 saturated carbocycles. The Labute approximate surface area is 192 Å². The van der Waals surface area contributed by atoms with Crippen LogP contribution in [0, 0.1) is 5.92 Å². The molecule has 2 unspecified atom stereocenters. The second-order valence-electron chi connectivity index (χ2n) is 8.63. The lowest BCUT2D eigenvalue weighted by atomic mass is 9.98. The molecule has 2 atom stereocenters. The fourth-order valence-corrected chi connectivity index (χ4v) is 4.36. The number of carbonyl (C=O) groups is 3. The summed E-state index contributed by atoms with van der Waals surface area (Å²) in [6, 6.07) is 14.1. The van der Waals surface area contributed by atoms with E-state index in [1.54, 1.807) is 0 Å². The van der Waals surface area contributed by atoms with E-state index >= 15 is 0 Å². The van der Waals surface area contributed by atoms with Crippen molar-refractivity contribution in [2.24, 2.45) is 5.92 Å². The van der Waals surface area contributed by atoms with Gasteiger partial charge in [-0.3, -0.25) is 4.79 Å². The van der Waals surface area contributed by atoms with Crippen LogP contribution in [0.3, 0.4) is 0 Å². The molecule has 0 bridgehead atoms. The summed E-state index contributed by atoms with van der Waals surface area (Å²) in [7, 11) is 0. The molecule has 0 heterocycles. The van der Waals surface area contributed by atoms with Crippen LogP contribution in [0.4, 0.5) is 4.79 Å². The number of nitrogens with one attached hydrogen (secondary N) is 2. The van der Waals surface area contributed by atoms with Crippen molar-refractivity contribution < 1.29 is 24.2 Å². The highest BCUT2D eigenvalue weighted by Gasteiger charge is 2.33. The van der Waals surface area contributed by atoms with E-state index in [4.69, 9.17) is 4.74 Å². The molecule has 1 fully saturated rings. The maximum Gasteiger partial charge on any atom is 0.407 e. The van der Waals surface area contributed by atoms with Gasteiger partial charge in [0.2, 0.25) is 5.91 Å². The molecule has 3 N–H and O–H groups in total. The van der Waals surface area contributed by atoms with Gasteiger partial charge in [-0.2, -0.15) is 0 Å². The summed E-state index contributed by atoms with van der Waals surface area (Å²) in [6.07, 6.45) is 3.29. The molecule has 0 spiro atoms. The van der Waals surface area contributed by atoms with Crippen molar-refractivity contribution >= 4 is 18.0 Å². The summed E-state index contributed by atoms with van der Waals surface area (Å²) in [5, 5.41) is 14.5. The summed E-state index contributed by atoms with van der Waals surface area (Å²) >= 11 is 0. The van der Waals surface area contributed by atoms with Gasteiger partial charge in [0.05, 0.1) is 0 Å². The molecule has 0 radical (unpaired) electrons. The van der Waals surface area contributed by atoms with Crippen LogP contribution >= 0.6 is 0 Å². The number of benzene rings is 2. The molecule has 0 aliphatic heterocycles. The molecule has 4 rings (SSSR count). The number of alkyl carbamates (subject to hydrolysis) is 1. The van der Waals surface area contributed by atoms with Gasteiger partial charge < -0.3 is 20.5 Å². The summed E-state index contributed by atoms with van der Waals surface area (Å²) in [5.74, 6) is -1.39. The maximum atomic E-state index is 12.7.